The predicted octanol–water partition coefficient (Wildman–Crippen LogP) is 0.842. The van der Waals surface area contributed by atoms with Gasteiger partial charge in [-0.05, 0) is 24.1 Å². The number of aryl methyl sites for hydroxylation is 1. The predicted molar refractivity (Wildman–Crippen MR) is 82.4 cm³/mol. The van der Waals surface area contributed by atoms with E-state index in [0.717, 1.165) is 12.1 Å². The molecule has 1 aromatic rings. The number of hydrogen-bond acceptors (Lipinski definition) is 5. The van der Waals surface area contributed by atoms with Crippen molar-refractivity contribution in [3.05, 3.63) is 29.3 Å². The van der Waals surface area contributed by atoms with Crippen LogP contribution in [0.3, 0.4) is 0 Å². The van der Waals surface area contributed by atoms with E-state index in [1.54, 1.807) is 0 Å². The van der Waals surface area contributed by atoms with Crippen LogP contribution < -0.4 is 10.1 Å². The molecule has 8 nitrogen and oxygen atoms in total. The van der Waals surface area contributed by atoms with Crippen LogP contribution in [0.2, 0.25) is 0 Å². The summed E-state index contributed by atoms with van der Waals surface area (Å²) in [4.78, 5) is 33.9. The number of carboxylic acids is 3. The third kappa shape index (κ3) is 3.83. The molecule has 1 aliphatic rings. The van der Waals surface area contributed by atoms with Gasteiger partial charge in [-0.3, -0.25) is 9.59 Å². The van der Waals surface area contributed by atoms with Crippen molar-refractivity contribution >= 4 is 17.9 Å². The van der Waals surface area contributed by atoms with Gasteiger partial charge >= 0.3 is 17.9 Å². The number of ether oxygens (including phenoxy) is 1. The van der Waals surface area contributed by atoms with Crippen LogP contribution in [-0.4, -0.2) is 51.9 Å². The van der Waals surface area contributed by atoms with Crippen molar-refractivity contribution in [3.8, 4) is 5.75 Å². The Balaban J connectivity index is 2.35. The Bertz CT molecular complexity index is 786. The van der Waals surface area contributed by atoms with Crippen LogP contribution in [0.15, 0.2) is 18.2 Å². The lowest BCUT2D eigenvalue weighted by Crippen LogP contribution is -2.38. The van der Waals surface area contributed by atoms with E-state index in [2.05, 4.69) is 5.32 Å². The van der Waals surface area contributed by atoms with Crippen molar-refractivity contribution in [3.63, 3.8) is 0 Å². The van der Waals surface area contributed by atoms with Crippen LogP contribution in [0.5, 0.6) is 5.75 Å². The van der Waals surface area contributed by atoms with Crippen molar-refractivity contribution in [1.29, 1.82) is 0 Å². The highest BCUT2D eigenvalue weighted by Crippen LogP contribution is 2.28. The first-order chi connectivity index (χ1) is 12.9. The first kappa shape index (κ1) is 12.8. The highest BCUT2D eigenvalue weighted by atomic mass is 16.5. The smallest absolute Gasteiger partial charge is 0.339 e. The largest absolute Gasteiger partial charge is 0.488 e. The quantitative estimate of drug-likeness (QED) is 0.571. The van der Waals surface area contributed by atoms with E-state index in [4.69, 9.17) is 15.3 Å². The molecule has 0 amide bonds. The van der Waals surface area contributed by atoms with Gasteiger partial charge in [-0.25, -0.2) is 4.79 Å². The van der Waals surface area contributed by atoms with Gasteiger partial charge in [0.25, 0.3) is 0 Å². The van der Waals surface area contributed by atoms with Crippen molar-refractivity contribution in [2.75, 3.05) is 6.54 Å². The minimum Gasteiger partial charge on any atom is -0.488 e. The standard InChI is InChI=1S/C16H19NO7/c1-2-8-3-4-11(10(5-8)15(20)21)24-12-7-17-14(16(22)23)9(12)6-13(18)19/h3-5,9,12,14,17H,2,6-7H2,1H3,(H,18,19)(H,20,21)(H,22,23)/t9-,12?,14-/m0/s1/i1T2,2T2. The van der Waals surface area contributed by atoms with Crippen LogP contribution >= 0.6 is 0 Å². The molecular formula is C16H19NO7. The maximum Gasteiger partial charge on any atom is 0.339 e. The Morgan fingerprint density at radius 3 is 2.71 bits per heavy atom. The number of nitrogens with one attached hydrogen (secondary N) is 1. The summed E-state index contributed by atoms with van der Waals surface area (Å²) in [5.41, 5.74) is -0.628. The third-order valence-electron chi connectivity index (χ3n) is 3.78. The van der Waals surface area contributed by atoms with Gasteiger partial charge < -0.3 is 25.4 Å². The van der Waals surface area contributed by atoms with E-state index < -0.39 is 61.2 Å². The lowest BCUT2D eigenvalue weighted by atomic mass is 9.94. The highest BCUT2D eigenvalue weighted by molar-refractivity contribution is 5.91. The summed E-state index contributed by atoms with van der Waals surface area (Å²) < 4.78 is 35.7. The highest BCUT2D eigenvalue weighted by Gasteiger charge is 2.43. The molecule has 1 aromatic carbocycles. The number of carboxylic acid groups (broad SMARTS) is 3. The number of hydrogen-bond donors (Lipinski definition) is 4. The van der Waals surface area contributed by atoms with Gasteiger partial charge in [-0.2, -0.15) is 0 Å². The topological polar surface area (TPSA) is 133 Å². The molecule has 3 atom stereocenters. The molecule has 0 spiro atoms. The van der Waals surface area contributed by atoms with Crippen molar-refractivity contribution < 1.29 is 39.9 Å². The summed E-state index contributed by atoms with van der Waals surface area (Å²) in [6.07, 6.45) is -3.85. The zero-order chi connectivity index (χ0) is 21.2. The average molecular weight is 345 g/mol. The summed E-state index contributed by atoms with van der Waals surface area (Å²) in [5.74, 6) is -5.07. The Labute approximate surface area is 143 Å². The molecule has 0 saturated carbocycles. The van der Waals surface area contributed by atoms with Crippen molar-refractivity contribution in [2.45, 2.75) is 31.8 Å². The van der Waals surface area contributed by atoms with Gasteiger partial charge in [-0.15, -0.1) is 0 Å². The first-order valence-electron chi connectivity index (χ1n) is 9.17. The lowest BCUT2D eigenvalue weighted by molar-refractivity contribution is -0.142. The Morgan fingerprint density at radius 2 is 2.12 bits per heavy atom. The average Bonchev–Trinajstić information content (AvgIpc) is 2.96. The molecule has 1 aliphatic heterocycles. The summed E-state index contributed by atoms with van der Waals surface area (Å²) in [7, 11) is 0. The van der Waals surface area contributed by atoms with Gasteiger partial charge in [0.1, 0.15) is 23.5 Å². The third-order valence-corrected chi connectivity index (χ3v) is 3.78. The zero-order valence-electron chi connectivity index (χ0n) is 16.4. The number of aliphatic carboxylic acids is 2. The second kappa shape index (κ2) is 7.31. The van der Waals surface area contributed by atoms with Gasteiger partial charge in [-0.1, -0.05) is 12.9 Å². The number of carbonyl (C=O) groups is 3. The van der Waals surface area contributed by atoms with E-state index in [0.29, 0.717) is 0 Å². The molecule has 4 N–H and O–H groups in total. The zero-order valence-corrected chi connectivity index (χ0v) is 12.4. The molecular weight excluding hydrogens is 318 g/mol. The number of rotatable bonds is 7. The van der Waals surface area contributed by atoms with Gasteiger partial charge in [0.15, 0.2) is 0 Å². The molecule has 1 saturated heterocycles. The first-order valence-corrected chi connectivity index (χ1v) is 7.02. The fraction of sp³-hybridized carbons (Fsp3) is 0.438. The molecule has 8 heteroatoms. The van der Waals surface area contributed by atoms with Gasteiger partial charge in [0.05, 0.1) is 6.42 Å². The van der Waals surface area contributed by atoms with E-state index in [1.807, 2.05) is 0 Å². The minimum absolute atomic E-state index is 0.0158. The molecule has 1 heterocycles. The fourth-order valence-corrected chi connectivity index (χ4v) is 2.66. The van der Waals surface area contributed by atoms with Gasteiger partial charge in [0.2, 0.25) is 0 Å². The molecule has 0 radical (unpaired) electrons. The van der Waals surface area contributed by atoms with Crippen LogP contribution in [0.4, 0.5) is 0 Å². The summed E-state index contributed by atoms with van der Waals surface area (Å²) in [6, 6.07) is 2.12. The molecule has 24 heavy (non-hydrogen) atoms. The normalized spacial score (nSPS) is 26.1. The minimum atomic E-state index is -2.42. The molecule has 0 aromatic heterocycles. The second-order valence-electron chi connectivity index (χ2n) is 5.30. The molecule has 1 unspecified atom stereocenters. The van der Waals surface area contributed by atoms with Crippen molar-refractivity contribution in [2.24, 2.45) is 5.92 Å². The van der Waals surface area contributed by atoms with Crippen LogP contribution in [0.25, 0.3) is 0 Å². The summed E-state index contributed by atoms with van der Waals surface area (Å²) >= 11 is 0. The Morgan fingerprint density at radius 1 is 1.38 bits per heavy atom. The Kier molecular flexibility index (Phi) is 3.89. The monoisotopic (exact) mass is 345 g/mol. The maximum absolute atomic E-state index is 11.6. The molecule has 1 fully saturated rings. The van der Waals surface area contributed by atoms with E-state index in [9.17, 15) is 24.6 Å². The molecule has 0 aliphatic carbocycles. The van der Waals surface area contributed by atoms with Crippen LogP contribution in [-0.2, 0) is 16.0 Å². The number of benzene rings is 1. The van der Waals surface area contributed by atoms with E-state index in [1.165, 1.54) is 6.07 Å². The Hall–Kier alpha value is -2.61. The fourth-order valence-electron chi connectivity index (χ4n) is 2.66. The van der Waals surface area contributed by atoms with E-state index in [-0.39, 0.29) is 17.9 Å². The molecule has 130 valence electrons. The maximum atomic E-state index is 11.6. The summed E-state index contributed by atoms with van der Waals surface area (Å²) in [6.45, 7) is -1.91. The molecule has 0 bridgehead atoms. The van der Waals surface area contributed by atoms with Crippen molar-refractivity contribution in [1.82, 2.24) is 5.32 Å². The lowest BCUT2D eigenvalue weighted by Gasteiger charge is -2.22. The SMILES string of the molecule is [3H]C([3H])C([3H])([3H])c1ccc(OC2CN[C@H](C(=O)O)[C@H]2CC(=O)O)c(C(=O)O)c1. The second-order valence-corrected chi connectivity index (χ2v) is 5.30. The number of aromatic carboxylic acids is 1. The molecule has 2 rings (SSSR count). The van der Waals surface area contributed by atoms with Crippen LogP contribution in [0, 0.1) is 5.92 Å². The summed E-state index contributed by atoms with van der Waals surface area (Å²) in [5, 5.41) is 30.3. The van der Waals surface area contributed by atoms with Crippen LogP contribution in [0.1, 0.15) is 34.7 Å². The van der Waals surface area contributed by atoms with E-state index >= 15 is 0 Å². The van der Waals surface area contributed by atoms with Gasteiger partial charge in [0, 0.05) is 17.9 Å².